The molecule has 6 heteroatoms. The Morgan fingerprint density at radius 1 is 1.27 bits per heavy atom. The summed E-state index contributed by atoms with van der Waals surface area (Å²) >= 11 is 0. The van der Waals surface area contributed by atoms with Crippen molar-refractivity contribution in [3.05, 3.63) is 48.4 Å². The summed E-state index contributed by atoms with van der Waals surface area (Å²) in [5.74, 6) is 0.328. The van der Waals surface area contributed by atoms with E-state index < -0.39 is 5.82 Å². The smallest absolute Gasteiger partial charge is 0.326 e. The van der Waals surface area contributed by atoms with E-state index in [-0.39, 0.29) is 11.7 Å². The highest BCUT2D eigenvalue weighted by Crippen LogP contribution is 2.30. The van der Waals surface area contributed by atoms with Gasteiger partial charge in [-0.15, -0.1) is 0 Å². The first-order valence-corrected chi connectivity index (χ1v) is 7.23. The summed E-state index contributed by atoms with van der Waals surface area (Å²) in [5, 5.41) is 2.62. The lowest BCUT2D eigenvalue weighted by Crippen LogP contribution is -2.46. The number of aromatic nitrogens is 1. The fourth-order valence-corrected chi connectivity index (χ4v) is 2.55. The quantitative estimate of drug-likeness (QED) is 0.927. The number of nitrogens with zero attached hydrogens (tertiary/aromatic N) is 3. The zero-order valence-electron chi connectivity index (χ0n) is 12.3. The third kappa shape index (κ3) is 2.59. The highest BCUT2D eigenvalue weighted by Gasteiger charge is 2.27. The summed E-state index contributed by atoms with van der Waals surface area (Å²) in [6.07, 6.45) is 1.71. The molecule has 5 nitrogen and oxygen atoms in total. The number of para-hydroxylation sites is 1. The highest BCUT2D eigenvalue weighted by atomic mass is 19.1. The molecule has 0 radical (unpaired) electrons. The second kappa shape index (κ2) is 6.01. The van der Waals surface area contributed by atoms with Crippen molar-refractivity contribution in [1.29, 1.82) is 0 Å². The molecule has 2 amide bonds. The second-order valence-corrected chi connectivity index (χ2v) is 4.99. The highest BCUT2D eigenvalue weighted by molar-refractivity contribution is 6.04. The number of hydrogen-bond donors (Lipinski definition) is 1. The van der Waals surface area contributed by atoms with E-state index in [1.165, 1.54) is 6.07 Å². The van der Waals surface area contributed by atoms with Crippen molar-refractivity contribution in [3.63, 3.8) is 0 Å². The van der Waals surface area contributed by atoms with Crippen molar-refractivity contribution in [2.45, 2.75) is 6.92 Å². The van der Waals surface area contributed by atoms with Crippen molar-refractivity contribution in [3.8, 4) is 0 Å². The summed E-state index contributed by atoms with van der Waals surface area (Å²) in [7, 11) is 0. The first kappa shape index (κ1) is 14.3. The molecule has 0 aliphatic carbocycles. The van der Waals surface area contributed by atoms with Gasteiger partial charge in [0.15, 0.2) is 5.82 Å². The lowest BCUT2D eigenvalue weighted by Gasteiger charge is -2.35. The van der Waals surface area contributed by atoms with E-state index >= 15 is 0 Å². The molecule has 0 unspecified atom stereocenters. The van der Waals surface area contributed by atoms with E-state index in [0.29, 0.717) is 13.1 Å². The second-order valence-electron chi connectivity index (χ2n) is 4.99. The number of rotatable bonds is 2. The molecule has 1 aromatic heterocycles. The van der Waals surface area contributed by atoms with Crippen LogP contribution in [0, 0.1) is 5.82 Å². The van der Waals surface area contributed by atoms with Gasteiger partial charge in [0, 0.05) is 25.8 Å². The molecular weight excluding hydrogens is 283 g/mol. The van der Waals surface area contributed by atoms with Gasteiger partial charge >= 0.3 is 6.03 Å². The van der Waals surface area contributed by atoms with Crippen LogP contribution in [-0.2, 0) is 0 Å². The van der Waals surface area contributed by atoms with Crippen LogP contribution in [0.25, 0.3) is 0 Å². The molecule has 0 spiro atoms. The molecule has 2 aromatic rings. The number of nitrogens with one attached hydrogen (secondary N) is 1. The summed E-state index contributed by atoms with van der Waals surface area (Å²) in [6, 6.07) is 9.43. The minimum Gasteiger partial charge on any atom is -0.353 e. The Kier molecular flexibility index (Phi) is 3.91. The van der Waals surface area contributed by atoms with Crippen molar-refractivity contribution >= 4 is 23.2 Å². The molecule has 1 aromatic carbocycles. The number of amides is 2. The maximum absolute atomic E-state index is 13.7. The molecule has 1 aliphatic heterocycles. The zero-order chi connectivity index (χ0) is 15.5. The van der Waals surface area contributed by atoms with Crippen LogP contribution in [0.2, 0.25) is 0 Å². The van der Waals surface area contributed by atoms with E-state index in [0.717, 1.165) is 18.1 Å². The lowest BCUT2D eigenvalue weighted by molar-refractivity contribution is 0.256. The van der Waals surface area contributed by atoms with Gasteiger partial charge in [0.2, 0.25) is 0 Å². The van der Waals surface area contributed by atoms with E-state index in [4.69, 9.17) is 0 Å². The number of halogens is 1. The van der Waals surface area contributed by atoms with Gasteiger partial charge in [-0.2, -0.15) is 0 Å². The number of carbonyl (C=O) groups excluding carboxylic acids is 1. The molecule has 0 atom stereocenters. The SMILES string of the molecule is CCN1CCN(C(=O)Nc2ccccc2F)c2cccnc21. The first-order valence-electron chi connectivity index (χ1n) is 7.23. The van der Waals surface area contributed by atoms with E-state index in [2.05, 4.69) is 15.2 Å². The zero-order valence-corrected chi connectivity index (χ0v) is 12.3. The third-order valence-corrected chi connectivity index (χ3v) is 3.69. The number of likely N-dealkylation sites (N-methyl/N-ethyl adjacent to an activating group) is 1. The predicted octanol–water partition coefficient (Wildman–Crippen LogP) is 3.10. The Balaban J connectivity index is 1.86. The maximum Gasteiger partial charge on any atom is 0.326 e. The molecule has 0 fully saturated rings. The van der Waals surface area contributed by atoms with E-state index in [1.54, 1.807) is 35.4 Å². The number of carbonyl (C=O) groups is 1. The predicted molar refractivity (Wildman–Crippen MR) is 84.9 cm³/mol. The number of benzene rings is 1. The van der Waals surface area contributed by atoms with Crippen LogP contribution in [0.4, 0.5) is 26.4 Å². The van der Waals surface area contributed by atoms with Gasteiger partial charge in [0.25, 0.3) is 0 Å². The number of anilines is 3. The van der Waals surface area contributed by atoms with Crippen LogP contribution in [0.1, 0.15) is 6.92 Å². The van der Waals surface area contributed by atoms with Gasteiger partial charge in [0.05, 0.1) is 11.4 Å². The minimum absolute atomic E-state index is 0.177. The Morgan fingerprint density at radius 3 is 2.86 bits per heavy atom. The van der Waals surface area contributed by atoms with Crippen LogP contribution in [0.3, 0.4) is 0 Å². The molecule has 0 bridgehead atoms. The summed E-state index contributed by atoms with van der Waals surface area (Å²) in [4.78, 5) is 20.5. The average molecular weight is 300 g/mol. The fraction of sp³-hybridized carbons (Fsp3) is 0.250. The minimum atomic E-state index is -0.450. The number of hydrogen-bond acceptors (Lipinski definition) is 3. The van der Waals surface area contributed by atoms with E-state index in [9.17, 15) is 9.18 Å². The average Bonchev–Trinajstić information content (AvgIpc) is 2.56. The fourth-order valence-electron chi connectivity index (χ4n) is 2.55. The Morgan fingerprint density at radius 2 is 2.09 bits per heavy atom. The first-order chi connectivity index (χ1) is 10.7. The van der Waals surface area contributed by atoms with Crippen LogP contribution < -0.4 is 15.1 Å². The van der Waals surface area contributed by atoms with Crippen LogP contribution in [0.15, 0.2) is 42.6 Å². The van der Waals surface area contributed by atoms with Gasteiger partial charge in [0.1, 0.15) is 5.82 Å². The molecule has 22 heavy (non-hydrogen) atoms. The molecular formula is C16H17FN4O. The monoisotopic (exact) mass is 300 g/mol. The van der Waals surface area contributed by atoms with Gasteiger partial charge in [-0.05, 0) is 31.2 Å². The molecule has 3 rings (SSSR count). The lowest BCUT2D eigenvalue weighted by atomic mass is 10.2. The van der Waals surface area contributed by atoms with Crippen molar-refractivity contribution < 1.29 is 9.18 Å². The maximum atomic E-state index is 13.7. The molecule has 1 N–H and O–H groups in total. The number of fused-ring (bicyclic) bond motifs is 1. The van der Waals surface area contributed by atoms with Crippen molar-refractivity contribution in [1.82, 2.24) is 4.98 Å². The molecule has 0 saturated carbocycles. The largest absolute Gasteiger partial charge is 0.353 e. The molecule has 114 valence electrons. The molecule has 0 saturated heterocycles. The van der Waals surface area contributed by atoms with Gasteiger partial charge < -0.3 is 10.2 Å². The summed E-state index contributed by atoms with van der Waals surface area (Å²) in [6.45, 7) is 4.11. The van der Waals surface area contributed by atoms with Gasteiger partial charge in [-0.1, -0.05) is 12.1 Å². The van der Waals surface area contributed by atoms with Gasteiger partial charge in [-0.3, -0.25) is 4.90 Å². The van der Waals surface area contributed by atoms with Crippen LogP contribution >= 0.6 is 0 Å². The topological polar surface area (TPSA) is 48.5 Å². The van der Waals surface area contributed by atoms with Crippen LogP contribution in [-0.4, -0.2) is 30.6 Å². The summed E-state index contributed by atoms with van der Waals surface area (Å²) in [5.41, 5.74) is 0.917. The standard InChI is InChI=1S/C16H17FN4O/c1-2-20-10-11-21(14-8-5-9-18-15(14)20)16(22)19-13-7-4-3-6-12(13)17/h3-9H,2,10-11H2,1H3,(H,19,22). The number of urea groups is 1. The molecule has 1 aliphatic rings. The van der Waals surface area contributed by atoms with Gasteiger partial charge in [-0.25, -0.2) is 14.2 Å². The van der Waals surface area contributed by atoms with Crippen molar-refractivity contribution in [2.75, 3.05) is 34.8 Å². The Bertz CT molecular complexity index is 691. The summed E-state index contributed by atoms with van der Waals surface area (Å²) < 4.78 is 13.7. The Labute approximate surface area is 128 Å². The van der Waals surface area contributed by atoms with E-state index in [1.807, 2.05) is 13.0 Å². The Hall–Kier alpha value is -2.63. The molecule has 2 heterocycles. The normalized spacial score (nSPS) is 13.7. The third-order valence-electron chi connectivity index (χ3n) is 3.69. The van der Waals surface area contributed by atoms with Crippen molar-refractivity contribution in [2.24, 2.45) is 0 Å². The number of pyridine rings is 1. The van der Waals surface area contributed by atoms with Crippen LogP contribution in [0.5, 0.6) is 0 Å².